The second-order valence-corrected chi connectivity index (χ2v) is 2.66. The van der Waals surface area contributed by atoms with Crippen LogP contribution in [0.2, 0.25) is 0 Å². The first-order valence-corrected chi connectivity index (χ1v) is 3.06. The Bertz CT molecular complexity index is 157. The topological polar surface area (TPSA) is 55.8 Å². The Morgan fingerprint density at radius 3 is 2.36 bits per heavy atom. The zero-order valence-corrected chi connectivity index (χ0v) is 5.96. The second-order valence-electron chi connectivity index (χ2n) is 2.66. The molecule has 11 heavy (non-hydrogen) atoms. The molecule has 1 fully saturated rings. The van der Waals surface area contributed by atoms with Crippen molar-refractivity contribution in [2.24, 2.45) is 0 Å². The molecular formula is C6H11LiO4. The molecule has 1 N–H and O–H groups in total. The molecule has 0 aliphatic carbocycles. The van der Waals surface area contributed by atoms with Crippen LogP contribution >= 0.6 is 0 Å². The van der Waals surface area contributed by atoms with E-state index >= 15 is 0 Å². The van der Waals surface area contributed by atoms with Gasteiger partial charge in [0.05, 0.1) is 6.61 Å². The van der Waals surface area contributed by atoms with E-state index in [2.05, 4.69) is 0 Å². The molecule has 0 aromatic heterocycles. The molecule has 0 bridgehead atoms. The van der Waals surface area contributed by atoms with Crippen molar-refractivity contribution in [3.05, 3.63) is 0 Å². The number of hydrogen-bond donors (Lipinski definition) is 1. The summed E-state index contributed by atoms with van der Waals surface area (Å²) >= 11 is 0. The SMILES string of the molecule is CC1(C)OC[C@@H](C(=O)O)O1.[LiH]. The fourth-order valence-electron chi connectivity index (χ4n) is 0.809. The average Bonchev–Trinajstić information content (AvgIpc) is 2.10. The molecule has 0 unspecified atom stereocenters. The van der Waals surface area contributed by atoms with Gasteiger partial charge in [0.2, 0.25) is 0 Å². The van der Waals surface area contributed by atoms with E-state index in [1.165, 1.54) is 0 Å². The Kier molecular flexibility index (Phi) is 3.59. The van der Waals surface area contributed by atoms with Crippen LogP contribution in [0.3, 0.4) is 0 Å². The van der Waals surface area contributed by atoms with E-state index in [1.807, 2.05) is 0 Å². The Labute approximate surface area is 77.0 Å². The summed E-state index contributed by atoms with van der Waals surface area (Å²) in [4.78, 5) is 10.3. The number of carbonyl (C=O) groups is 1. The second kappa shape index (κ2) is 3.59. The third kappa shape index (κ3) is 2.84. The maximum absolute atomic E-state index is 10.3. The summed E-state index contributed by atoms with van der Waals surface area (Å²) < 4.78 is 10.00. The summed E-state index contributed by atoms with van der Waals surface area (Å²) in [6, 6.07) is 0. The van der Waals surface area contributed by atoms with E-state index in [-0.39, 0.29) is 25.5 Å². The van der Waals surface area contributed by atoms with E-state index in [1.54, 1.807) is 13.8 Å². The molecule has 1 atom stereocenters. The van der Waals surface area contributed by atoms with Crippen molar-refractivity contribution in [3.63, 3.8) is 0 Å². The summed E-state index contributed by atoms with van der Waals surface area (Å²) in [6.45, 7) is 3.52. The minimum atomic E-state index is -0.967. The zero-order valence-electron chi connectivity index (χ0n) is 5.96. The van der Waals surface area contributed by atoms with Crippen molar-refractivity contribution in [2.45, 2.75) is 25.7 Å². The number of aliphatic carboxylic acids is 1. The summed E-state index contributed by atoms with van der Waals surface area (Å²) in [7, 11) is 0. The van der Waals surface area contributed by atoms with E-state index in [0.29, 0.717) is 0 Å². The van der Waals surface area contributed by atoms with E-state index in [9.17, 15) is 4.79 Å². The van der Waals surface area contributed by atoms with Gasteiger partial charge in [0.25, 0.3) is 0 Å². The molecule has 0 aromatic carbocycles. The van der Waals surface area contributed by atoms with Crippen LogP contribution in [0.4, 0.5) is 0 Å². The molecule has 1 saturated heterocycles. The molecule has 60 valence electrons. The van der Waals surface area contributed by atoms with Crippen LogP contribution in [0.5, 0.6) is 0 Å². The third-order valence-corrected chi connectivity index (χ3v) is 1.28. The number of rotatable bonds is 1. The Morgan fingerprint density at radius 1 is 1.64 bits per heavy atom. The van der Waals surface area contributed by atoms with Crippen LogP contribution in [0, 0.1) is 0 Å². The minimum absolute atomic E-state index is 0. The molecule has 1 aliphatic rings. The summed E-state index contributed by atoms with van der Waals surface area (Å²) in [5.74, 6) is -1.70. The molecule has 1 heterocycles. The first-order valence-electron chi connectivity index (χ1n) is 3.06. The van der Waals surface area contributed by atoms with Crippen molar-refractivity contribution < 1.29 is 19.4 Å². The van der Waals surface area contributed by atoms with Crippen LogP contribution in [-0.2, 0) is 14.3 Å². The van der Waals surface area contributed by atoms with Gasteiger partial charge in [0, 0.05) is 0 Å². The van der Waals surface area contributed by atoms with Crippen LogP contribution in [-0.4, -0.2) is 48.4 Å². The van der Waals surface area contributed by atoms with Crippen LogP contribution < -0.4 is 0 Å². The van der Waals surface area contributed by atoms with Crippen molar-refractivity contribution >= 4 is 24.8 Å². The van der Waals surface area contributed by atoms with E-state index in [0.717, 1.165) is 0 Å². The van der Waals surface area contributed by atoms with Crippen molar-refractivity contribution in [3.8, 4) is 0 Å². The monoisotopic (exact) mass is 154 g/mol. The zero-order chi connectivity index (χ0) is 7.78. The van der Waals surface area contributed by atoms with Gasteiger partial charge in [-0.2, -0.15) is 0 Å². The van der Waals surface area contributed by atoms with E-state index in [4.69, 9.17) is 14.6 Å². The van der Waals surface area contributed by atoms with Gasteiger partial charge in [-0.05, 0) is 13.8 Å². The Hall–Kier alpha value is -0.0126. The normalized spacial score (nSPS) is 27.6. The molecular weight excluding hydrogens is 143 g/mol. The van der Waals surface area contributed by atoms with Gasteiger partial charge >= 0.3 is 24.8 Å². The van der Waals surface area contributed by atoms with Crippen molar-refractivity contribution in [1.82, 2.24) is 0 Å². The fourth-order valence-corrected chi connectivity index (χ4v) is 0.809. The third-order valence-electron chi connectivity index (χ3n) is 1.28. The van der Waals surface area contributed by atoms with Gasteiger partial charge in [0.1, 0.15) is 0 Å². The number of carboxylic acids is 1. The van der Waals surface area contributed by atoms with Gasteiger partial charge < -0.3 is 14.6 Å². The first kappa shape index (κ1) is 11.0. The molecule has 1 rings (SSSR count). The summed E-state index contributed by atoms with van der Waals surface area (Å²) in [5, 5.41) is 8.44. The van der Waals surface area contributed by atoms with E-state index < -0.39 is 17.9 Å². The van der Waals surface area contributed by atoms with Gasteiger partial charge in [0.15, 0.2) is 11.9 Å². The maximum atomic E-state index is 10.3. The number of ether oxygens (including phenoxy) is 2. The predicted molar refractivity (Wildman–Crippen MR) is 39.7 cm³/mol. The average molecular weight is 154 g/mol. The van der Waals surface area contributed by atoms with Gasteiger partial charge in [-0.1, -0.05) is 0 Å². The van der Waals surface area contributed by atoms with Crippen LogP contribution in [0.25, 0.3) is 0 Å². The first-order chi connectivity index (χ1) is 4.51. The molecule has 1 aliphatic heterocycles. The summed E-state index contributed by atoms with van der Waals surface area (Å²) in [6.07, 6.45) is -0.796. The van der Waals surface area contributed by atoms with Gasteiger partial charge in [-0.3, -0.25) is 0 Å². The Balaban J connectivity index is 0.000001000. The molecule has 0 aromatic rings. The Morgan fingerprint density at radius 2 is 2.18 bits per heavy atom. The van der Waals surface area contributed by atoms with Crippen LogP contribution in [0.15, 0.2) is 0 Å². The van der Waals surface area contributed by atoms with Gasteiger partial charge in [-0.15, -0.1) is 0 Å². The van der Waals surface area contributed by atoms with Crippen LogP contribution in [0.1, 0.15) is 13.8 Å². The molecule has 4 nitrogen and oxygen atoms in total. The quantitative estimate of drug-likeness (QED) is 0.521. The molecule has 5 heteroatoms. The van der Waals surface area contributed by atoms with Crippen molar-refractivity contribution in [1.29, 1.82) is 0 Å². The number of carboxylic acid groups (broad SMARTS) is 1. The predicted octanol–water partition coefficient (Wildman–Crippen LogP) is -0.426. The van der Waals surface area contributed by atoms with Gasteiger partial charge in [-0.25, -0.2) is 4.79 Å². The molecule has 0 spiro atoms. The number of hydrogen-bond acceptors (Lipinski definition) is 3. The molecule has 0 saturated carbocycles. The molecule has 0 radical (unpaired) electrons. The van der Waals surface area contributed by atoms with Crippen molar-refractivity contribution in [2.75, 3.05) is 6.61 Å². The fraction of sp³-hybridized carbons (Fsp3) is 0.833. The summed E-state index contributed by atoms with van der Waals surface area (Å²) in [5.41, 5.74) is 0. The molecule has 0 amide bonds. The standard InChI is InChI=1S/C6H10O4.Li.H/c1-6(2)9-3-4(10-6)5(7)8;;/h4H,3H2,1-2H3,(H,7,8);;/t4-;;/m0../s1.